The maximum absolute atomic E-state index is 11.5. The molecule has 1 N–H and O–H groups in total. The van der Waals surface area contributed by atoms with Crippen molar-refractivity contribution in [3.05, 3.63) is 71.8 Å². The number of rotatable bonds is 7. The van der Waals surface area contributed by atoms with Crippen LogP contribution in [-0.2, 0) is 20.0 Å². The molecule has 2 aromatic heterocycles. The molecule has 29 heavy (non-hydrogen) atoms. The minimum Gasteiger partial charge on any atom is -0.478 e. The zero-order valence-electron chi connectivity index (χ0n) is 16.7. The van der Waals surface area contributed by atoms with Crippen molar-refractivity contribution in [1.29, 1.82) is 0 Å². The smallest absolute Gasteiger partial charge is 0.336 e. The van der Waals surface area contributed by atoms with Crippen LogP contribution in [0.25, 0.3) is 22.4 Å². The van der Waals surface area contributed by atoms with E-state index < -0.39 is 5.97 Å². The van der Waals surface area contributed by atoms with Gasteiger partial charge < -0.3 is 14.2 Å². The Morgan fingerprint density at radius 2 is 1.83 bits per heavy atom. The normalized spacial score (nSPS) is 11.2. The van der Waals surface area contributed by atoms with Crippen LogP contribution in [0.4, 0.5) is 0 Å². The van der Waals surface area contributed by atoms with E-state index in [4.69, 9.17) is 4.98 Å². The second kappa shape index (κ2) is 7.91. The van der Waals surface area contributed by atoms with E-state index in [0.717, 1.165) is 53.1 Å². The molecule has 0 aliphatic rings. The first-order chi connectivity index (χ1) is 14.1. The van der Waals surface area contributed by atoms with E-state index >= 15 is 0 Å². The number of carboxylic acids is 1. The van der Waals surface area contributed by atoms with Gasteiger partial charge in [-0.3, -0.25) is 0 Å². The Bertz CT molecular complexity index is 1160. The van der Waals surface area contributed by atoms with Crippen LogP contribution < -0.4 is 0 Å². The summed E-state index contributed by atoms with van der Waals surface area (Å²) in [5, 5.41) is 9.44. The van der Waals surface area contributed by atoms with Crippen molar-refractivity contribution < 1.29 is 9.90 Å². The quantitative estimate of drug-likeness (QED) is 0.505. The summed E-state index contributed by atoms with van der Waals surface area (Å²) in [6, 6.07) is 15.1. The summed E-state index contributed by atoms with van der Waals surface area (Å²) in [6.07, 6.45) is 4.93. The van der Waals surface area contributed by atoms with Gasteiger partial charge in [-0.15, -0.1) is 0 Å². The van der Waals surface area contributed by atoms with Gasteiger partial charge >= 0.3 is 5.97 Å². The number of aromatic carboxylic acids is 1. The number of aromatic nitrogens is 4. The van der Waals surface area contributed by atoms with Crippen molar-refractivity contribution in [2.45, 2.75) is 32.7 Å². The summed E-state index contributed by atoms with van der Waals surface area (Å²) in [5.41, 5.74) is 4.87. The minimum absolute atomic E-state index is 0.312. The Hall–Kier alpha value is -3.41. The van der Waals surface area contributed by atoms with E-state index in [2.05, 4.69) is 16.5 Å². The third-order valence-electron chi connectivity index (χ3n) is 5.21. The first kappa shape index (κ1) is 18.9. The molecule has 0 atom stereocenters. The highest BCUT2D eigenvalue weighted by Crippen LogP contribution is 2.25. The molecule has 0 amide bonds. The first-order valence-electron chi connectivity index (χ1n) is 9.86. The molecule has 0 aliphatic heterocycles. The van der Waals surface area contributed by atoms with Gasteiger partial charge in [0.15, 0.2) is 11.3 Å². The molecule has 6 heteroatoms. The van der Waals surface area contributed by atoms with Gasteiger partial charge in [0.2, 0.25) is 0 Å². The van der Waals surface area contributed by atoms with Gasteiger partial charge in [-0.25, -0.2) is 14.8 Å². The molecule has 0 bridgehead atoms. The second-order valence-electron chi connectivity index (χ2n) is 7.27. The van der Waals surface area contributed by atoms with Crippen molar-refractivity contribution in [2.75, 3.05) is 0 Å². The summed E-state index contributed by atoms with van der Waals surface area (Å²) in [5.74, 6) is 0.141. The average Bonchev–Trinajstić information content (AvgIpc) is 3.26. The lowest BCUT2D eigenvalue weighted by Gasteiger charge is -2.10. The number of fused-ring (bicyclic) bond motifs is 1. The van der Waals surface area contributed by atoms with Gasteiger partial charge in [0, 0.05) is 13.5 Å². The molecule has 2 aromatic carbocycles. The zero-order chi connectivity index (χ0) is 20.4. The van der Waals surface area contributed by atoms with Crippen LogP contribution in [0.3, 0.4) is 0 Å². The van der Waals surface area contributed by atoms with Gasteiger partial charge in [0.25, 0.3) is 0 Å². The number of benzene rings is 2. The Kier molecular flexibility index (Phi) is 5.16. The van der Waals surface area contributed by atoms with Gasteiger partial charge in [0.1, 0.15) is 5.82 Å². The van der Waals surface area contributed by atoms with Crippen molar-refractivity contribution in [3.8, 4) is 11.1 Å². The topological polar surface area (TPSA) is 72.9 Å². The van der Waals surface area contributed by atoms with E-state index in [-0.39, 0.29) is 0 Å². The van der Waals surface area contributed by atoms with Crippen LogP contribution >= 0.6 is 0 Å². The molecule has 2 heterocycles. The Balaban J connectivity index is 1.65. The van der Waals surface area contributed by atoms with Crippen LogP contribution in [-0.4, -0.2) is 30.2 Å². The van der Waals surface area contributed by atoms with Crippen molar-refractivity contribution in [2.24, 2.45) is 7.05 Å². The molecule has 4 aromatic rings. The molecular formula is C23H24N4O2. The highest BCUT2D eigenvalue weighted by atomic mass is 16.4. The Morgan fingerprint density at radius 1 is 1.07 bits per heavy atom. The zero-order valence-corrected chi connectivity index (χ0v) is 16.7. The predicted octanol–water partition coefficient (Wildman–Crippen LogP) is 4.53. The molecule has 0 unspecified atom stereocenters. The summed E-state index contributed by atoms with van der Waals surface area (Å²) in [6.45, 7) is 2.87. The van der Waals surface area contributed by atoms with Gasteiger partial charge in [-0.2, -0.15) is 0 Å². The lowest BCUT2D eigenvalue weighted by atomic mass is 9.99. The molecule has 0 aliphatic carbocycles. The number of carbonyl (C=O) groups is 1. The average molecular weight is 388 g/mol. The maximum Gasteiger partial charge on any atom is 0.336 e. The van der Waals surface area contributed by atoms with E-state index in [9.17, 15) is 9.90 Å². The van der Waals surface area contributed by atoms with Crippen LogP contribution in [0.5, 0.6) is 0 Å². The van der Waals surface area contributed by atoms with Crippen molar-refractivity contribution >= 4 is 17.3 Å². The third kappa shape index (κ3) is 3.66. The largest absolute Gasteiger partial charge is 0.478 e. The monoisotopic (exact) mass is 388 g/mol. The van der Waals surface area contributed by atoms with E-state index in [1.807, 2.05) is 48.0 Å². The molecule has 0 saturated heterocycles. The fraction of sp³-hybridized carbons (Fsp3) is 0.261. The van der Waals surface area contributed by atoms with Crippen molar-refractivity contribution in [3.63, 3.8) is 0 Å². The summed E-state index contributed by atoms with van der Waals surface area (Å²) in [7, 11) is 1.96. The lowest BCUT2D eigenvalue weighted by molar-refractivity contribution is 0.0697. The summed E-state index contributed by atoms with van der Waals surface area (Å²) in [4.78, 5) is 20.8. The Labute approximate surface area is 169 Å². The van der Waals surface area contributed by atoms with Crippen LogP contribution in [0.15, 0.2) is 54.9 Å². The van der Waals surface area contributed by atoms with Crippen LogP contribution in [0, 0.1) is 0 Å². The highest BCUT2D eigenvalue weighted by molar-refractivity contribution is 5.96. The molecule has 6 nitrogen and oxygen atoms in total. The molecular weight excluding hydrogens is 364 g/mol. The number of carboxylic acid groups (broad SMARTS) is 1. The molecule has 0 saturated carbocycles. The predicted molar refractivity (Wildman–Crippen MR) is 113 cm³/mol. The molecule has 0 radical (unpaired) electrons. The van der Waals surface area contributed by atoms with E-state index in [1.165, 1.54) is 0 Å². The van der Waals surface area contributed by atoms with Gasteiger partial charge in [-0.05, 0) is 29.2 Å². The van der Waals surface area contributed by atoms with Gasteiger partial charge in [0.05, 0.1) is 18.4 Å². The van der Waals surface area contributed by atoms with Crippen LogP contribution in [0.1, 0.15) is 41.5 Å². The van der Waals surface area contributed by atoms with Gasteiger partial charge in [-0.1, -0.05) is 55.8 Å². The Morgan fingerprint density at radius 3 is 2.55 bits per heavy atom. The first-order valence-corrected chi connectivity index (χ1v) is 9.86. The standard InChI is InChI=1S/C23H24N4O2/c1-3-4-9-20-25-22-21(24-15-26(22)2)27(20)14-16-10-12-17(13-11-16)18-7-5-6-8-19(18)23(28)29/h5-8,10-13,15H,3-4,9,14H2,1-2H3,(H,28,29). The minimum atomic E-state index is -0.916. The fourth-order valence-electron chi connectivity index (χ4n) is 3.62. The number of hydrogen-bond acceptors (Lipinski definition) is 3. The lowest BCUT2D eigenvalue weighted by Crippen LogP contribution is -2.06. The van der Waals surface area contributed by atoms with Crippen LogP contribution in [0.2, 0.25) is 0 Å². The number of unbranched alkanes of at least 4 members (excludes halogenated alkanes) is 1. The number of imidazole rings is 2. The van der Waals surface area contributed by atoms with Crippen molar-refractivity contribution in [1.82, 2.24) is 19.1 Å². The SMILES string of the molecule is CCCCc1nc2c(ncn2C)n1Cc1ccc(-c2ccccc2C(=O)O)cc1. The summed E-state index contributed by atoms with van der Waals surface area (Å²) >= 11 is 0. The van der Waals surface area contributed by atoms with E-state index in [0.29, 0.717) is 12.1 Å². The fourth-order valence-corrected chi connectivity index (χ4v) is 3.62. The molecule has 0 spiro atoms. The molecule has 4 rings (SSSR count). The second-order valence-corrected chi connectivity index (χ2v) is 7.27. The number of nitrogens with zero attached hydrogens (tertiary/aromatic N) is 4. The molecule has 148 valence electrons. The number of hydrogen-bond donors (Lipinski definition) is 1. The summed E-state index contributed by atoms with van der Waals surface area (Å²) < 4.78 is 4.14. The number of aryl methyl sites for hydroxylation is 2. The maximum atomic E-state index is 11.5. The van der Waals surface area contributed by atoms with E-state index in [1.54, 1.807) is 18.5 Å². The third-order valence-corrected chi connectivity index (χ3v) is 5.21. The highest BCUT2D eigenvalue weighted by Gasteiger charge is 2.15. The molecule has 0 fully saturated rings.